The summed E-state index contributed by atoms with van der Waals surface area (Å²) in [6.45, 7) is 6.58. The van der Waals surface area contributed by atoms with Crippen LogP contribution in [0, 0.1) is 0 Å². The average Bonchev–Trinajstić information content (AvgIpc) is 2.64. The standard InChI is InChI=1S/C11H23ClNO2/c1-13(5-2-3-6-13)7-9-15-11-10-14-8-4-12/h2-11H2,1H3/q+1. The Bertz CT molecular complexity index is 161. The van der Waals surface area contributed by atoms with Crippen molar-refractivity contribution >= 4 is 11.6 Å². The second-order valence-corrected chi connectivity index (χ2v) is 4.79. The molecule has 0 aromatic carbocycles. The molecule has 0 bridgehead atoms. The molecule has 0 N–H and O–H groups in total. The summed E-state index contributed by atoms with van der Waals surface area (Å²) in [5.74, 6) is 0.564. The highest BCUT2D eigenvalue weighted by molar-refractivity contribution is 6.17. The summed E-state index contributed by atoms with van der Waals surface area (Å²) in [5, 5.41) is 0. The highest BCUT2D eigenvalue weighted by atomic mass is 35.5. The number of hydrogen-bond acceptors (Lipinski definition) is 2. The van der Waals surface area contributed by atoms with E-state index in [1.165, 1.54) is 30.4 Å². The number of likely N-dealkylation sites (N-methyl/N-ethyl adjacent to an activating group) is 1. The monoisotopic (exact) mass is 236 g/mol. The molecule has 4 heteroatoms. The van der Waals surface area contributed by atoms with Crippen molar-refractivity contribution in [1.29, 1.82) is 0 Å². The maximum atomic E-state index is 5.52. The fourth-order valence-corrected chi connectivity index (χ4v) is 2.09. The van der Waals surface area contributed by atoms with Crippen LogP contribution in [0.1, 0.15) is 12.8 Å². The van der Waals surface area contributed by atoms with Crippen molar-refractivity contribution in [2.45, 2.75) is 12.8 Å². The Kier molecular flexibility index (Phi) is 6.57. The van der Waals surface area contributed by atoms with Crippen LogP contribution < -0.4 is 0 Å². The highest BCUT2D eigenvalue weighted by Gasteiger charge is 2.25. The number of alkyl halides is 1. The molecule has 1 rings (SSSR count). The van der Waals surface area contributed by atoms with Gasteiger partial charge in [0.2, 0.25) is 0 Å². The third-order valence-electron chi connectivity index (χ3n) is 3.01. The van der Waals surface area contributed by atoms with Gasteiger partial charge in [-0.25, -0.2) is 0 Å². The summed E-state index contributed by atoms with van der Waals surface area (Å²) in [6.07, 6.45) is 2.74. The number of likely N-dealkylation sites (tertiary alicyclic amines) is 1. The first-order valence-corrected chi connectivity index (χ1v) is 6.35. The third-order valence-corrected chi connectivity index (χ3v) is 3.17. The maximum absolute atomic E-state index is 5.52. The van der Waals surface area contributed by atoms with Crippen molar-refractivity contribution in [1.82, 2.24) is 0 Å². The molecule has 0 spiro atoms. The third kappa shape index (κ3) is 5.71. The number of halogens is 1. The van der Waals surface area contributed by atoms with E-state index in [9.17, 15) is 0 Å². The molecular formula is C11H23ClNO2+. The van der Waals surface area contributed by atoms with Gasteiger partial charge in [0.25, 0.3) is 0 Å². The molecule has 15 heavy (non-hydrogen) atoms. The Morgan fingerprint density at radius 3 is 2.20 bits per heavy atom. The lowest BCUT2D eigenvalue weighted by atomic mass is 10.4. The zero-order valence-corrected chi connectivity index (χ0v) is 10.5. The number of nitrogens with zero attached hydrogens (tertiary/aromatic N) is 1. The first-order valence-electron chi connectivity index (χ1n) is 5.82. The largest absolute Gasteiger partial charge is 0.378 e. The number of rotatable bonds is 8. The van der Waals surface area contributed by atoms with Gasteiger partial charge in [0.05, 0.1) is 46.6 Å². The zero-order valence-electron chi connectivity index (χ0n) is 9.71. The number of hydrogen-bond donors (Lipinski definition) is 0. The molecule has 90 valence electrons. The lowest BCUT2D eigenvalue weighted by molar-refractivity contribution is -0.898. The van der Waals surface area contributed by atoms with Crippen LogP contribution in [0.5, 0.6) is 0 Å². The van der Waals surface area contributed by atoms with Gasteiger partial charge in [0.15, 0.2) is 0 Å². The van der Waals surface area contributed by atoms with Crippen LogP contribution >= 0.6 is 11.6 Å². The lowest BCUT2D eigenvalue weighted by Crippen LogP contribution is -2.43. The molecule has 0 atom stereocenters. The minimum Gasteiger partial charge on any atom is -0.378 e. The topological polar surface area (TPSA) is 18.5 Å². The van der Waals surface area contributed by atoms with Crippen molar-refractivity contribution in [3.63, 3.8) is 0 Å². The van der Waals surface area contributed by atoms with Crippen LogP contribution in [0.4, 0.5) is 0 Å². The van der Waals surface area contributed by atoms with Crippen molar-refractivity contribution in [3.8, 4) is 0 Å². The summed E-state index contributed by atoms with van der Waals surface area (Å²) in [7, 11) is 2.32. The Morgan fingerprint density at radius 1 is 1.00 bits per heavy atom. The van der Waals surface area contributed by atoms with Gasteiger partial charge < -0.3 is 14.0 Å². The fraction of sp³-hybridized carbons (Fsp3) is 1.00. The Morgan fingerprint density at radius 2 is 1.60 bits per heavy atom. The molecule has 0 saturated carbocycles. The van der Waals surface area contributed by atoms with Crippen LogP contribution in [0.2, 0.25) is 0 Å². The van der Waals surface area contributed by atoms with E-state index in [4.69, 9.17) is 21.1 Å². The van der Waals surface area contributed by atoms with Crippen molar-refractivity contribution in [2.75, 3.05) is 59.0 Å². The van der Waals surface area contributed by atoms with Crippen molar-refractivity contribution in [2.24, 2.45) is 0 Å². The molecule has 1 saturated heterocycles. The predicted molar refractivity (Wildman–Crippen MR) is 62.4 cm³/mol. The molecule has 0 radical (unpaired) electrons. The van der Waals surface area contributed by atoms with Crippen molar-refractivity contribution in [3.05, 3.63) is 0 Å². The minimum atomic E-state index is 0.564. The van der Waals surface area contributed by atoms with Gasteiger partial charge in [-0.15, -0.1) is 11.6 Å². The van der Waals surface area contributed by atoms with Gasteiger partial charge in [-0.2, -0.15) is 0 Å². The van der Waals surface area contributed by atoms with E-state index in [2.05, 4.69) is 7.05 Å². The van der Waals surface area contributed by atoms with E-state index < -0.39 is 0 Å². The Hall–Kier alpha value is 0.170. The lowest BCUT2D eigenvalue weighted by Gasteiger charge is -2.28. The quantitative estimate of drug-likeness (QED) is 0.361. The molecule has 0 aromatic rings. The smallest absolute Gasteiger partial charge is 0.102 e. The van der Waals surface area contributed by atoms with Crippen LogP contribution in [0.25, 0.3) is 0 Å². The molecule has 0 amide bonds. The normalized spacial score (nSPS) is 19.6. The second kappa shape index (κ2) is 7.44. The Labute approximate surface area is 97.9 Å². The summed E-state index contributed by atoms with van der Waals surface area (Å²) in [4.78, 5) is 0. The van der Waals surface area contributed by atoms with E-state index in [-0.39, 0.29) is 0 Å². The fourth-order valence-electron chi connectivity index (χ4n) is 1.98. The molecule has 1 fully saturated rings. The predicted octanol–water partition coefficient (Wildman–Crippen LogP) is 1.50. The van der Waals surface area contributed by atoms with E-state index in [1.807, 2.05) is 0 Å². The average molecular weight is 237 g/mol. The molecule has 1 aliphatic rings. The number of ether oxygens (including phenoxy) is 2. The van der Waals surface area contributed by atoms with Crippen molar-refractivity contribution < 1.29 is 14.0 Å². The minimum absolute atomic E-state index is 0.564. The Balaban J connectivity index is 1.88. The SMILES string of the molecule is C[N+]1(CCOCCOCCCl)CCCC1. The van der Waals surface area contributed by atoms with Gasteiger partial charge in [0, 0.05) is 18.7 Å². The summed E-state index contributed by atoms with van der Waals surface area (Å²) in [6, 6.07) is 0. The van der Waals surface area contributed by atoms with Crippen LogP contribution in [-0.2, 0) is 9.47 Å². The number of quaternary nitrogens is 1. The molecule has 0 aromatic heterocycles. The van der Waals surface area contributed by atoms with Gasteiger partial charge >= 0.3 is 0 Å². The molecular weight excluding hydrogens is 214 g/mol. The van der Waals surface area contributed by atoms with Gasteiger partial charge in [-0.05, 0) is 0 Å². The highest BCUT2D eigenvalue weighted by Crippen LogP contribution is 2.15. The van der Waals surface area contributed by atoms with E-state index >= 15 is 0 Å². The van der Waals surface area contributed by atoms with Crippen LogP contribution in [0.15, 0.2) is 0 Å². The summed E-state index contributed by atoms with van der Waals surface area (Å²) < 4.78 is 11.9. The summed E-state index contributed by atoms with van der Waals surface area (Å²) in [5.41, 5.74) is 0. The van der Waals surface area contributed by atoms with Gasteiger partial charge in [0.1, 0.15) is 6.54 Å². The van der Waals surface area contributed by atoms with Crippen LogP contribution in [-0.4, -0.2) is 63.5 Å². The van der Waals surface area contributed by atoms with E-state index in [0.717, 1.165) is 13.2 Å². The zero-order chi connectivity index (χ0) is 11.0. The first kappa shape index (κ1) is 13.2. The van der Waals surface area contributed by atoms with Gasteiger partial charge in [-0.1, -0.05) is 0 Å². The molecule has 3 nitrogen and oxygen atoms in total. The van der Waals surface area contributed by atoms with Gasteiger partial charge in [-0.3, -0.25) is 0 Å². The maximum Gasteiger partial charge on any atom is 0.102 e. The first-order chi connectivity index (χ1) is 7.27. The van der Waals surface area contributed by atoms with E-state index in [1.54, 1.807) is 0 Å². The molecule has 1 aliphatic heterocycles. The van der Waals surface area contributed by atoms with Crippen LogP contribution in [0.3, 0.4) is 0 Å². The second-order valence-electron chi connectivity index (χ2n) is 4.41. The summed E-state index contributed by atoms with van der Waals surface area (Å²) >= 11 is 5.48. The van der Waals surface area contributed by atoms with E-state index in [0.29, 0.717) is 25.7 Å². The molecule has 0 aliphatic carbocycles. The molecule has 1 heterocycles. The molecule has 0 unspecified atom stereocenters.